The molecule has 2 saturated heterocycles. The lowest BCUT2D eigenvalue weighted by Gasteiger charge is -2.21. The van der Waals surface area contributed by atoms with Gasteiger partial charge < -0.3 is 10.2 Å². The van der Waals surface area contributed by atoms with Crippen molar-refractivity contribution >= 4 is 29.2 Å². The number of imide groups is 1. The molecule has 0 spiro atoms. The highest BCUT2D eigenvalue weighted by atomic mass is 32.1. The van der Waals surface area contributed by atoms with Gasteiger partial charge in [-0.25, -0.2) is 4.79 Å². The molecule has 0 bridgehead atoms. The van der Waals surface area contributed by atoms with Gasteiger partial charge >= 0.3 is 6.03 Å². The third kappa shape index (κ3) is 2.31. The molecule has 2 fully saturated rings. The second-order valence-corrected chi connectivity index (χ2v) is 6.46. The topological polar surface area (TPSA) is 69.7 Å². The van der Waals surface area contributed by atoms with E-state index in [1.54, 1.807) is 11.8 Å². The van der Waals surface area contributed by atoms with Crippen molar-refractivity contribution in [2.45, 2.75) is 25.3 Å². The van der Waals surface area contributed by atoms with Gasteiger partial charge in [0.1, 0.15) is 6.54 Å². The van der Waals surface area contributed by atoms with Crippen molar-refractivity contribution in [1.82, 2.24) is 15.1 Å². The van der Waals surface area contributed by atoms with Crippen LogP contribution in [0.5, 0.6) is 0 Å². The third-order valence-corrected chi connectivity index (χ3v) is 5.13. The maximum atomic E-state index is 12.6. The predicted molar refractivity (Wildman–Crippen MR) is 77.7 cm³/mol. The minimum Gasteiger partial charge on any atom is -0.341 e. The van der Waals surface area contributed by atoms with Crippen LogP contribution in [0, 0.1) is 0 Å². The number of rotatable bonds is 3. The highest BCUT2D eigenvalue weighted by molar-refractivity contribution is 7.10. The zero-order chi connectivity index (χ0) is 15.0. The number of hydrogen-bond acceptors (Lipinski definition) is 4. The number of urea groups is 1. The SMILES string of the molecule is C[C@]1(c2cccs2)NC(=O)N(CC(=O)N2CCCC2)C1=O. The first kappa shape index (κ1) is 14.1. The molecule has 6 nitrogen and oxygen atoms in total. The average molecular weight is 307 g/mol. The molecular weight excluding hydrogens is 290 g/mol. The molecule has 4 amide bonds. The predicted octanol–water partition coefficient (Wildman–Crippen LogP) is 1.14. The monoisotopic (exact) mass is 307 g/mol. The molecule has 2 aliphatic rings. The van der Waals surface area contributed by atoms with E-state index in [4.69, 9.17) is 0 Å². The van der Waals surface area contributed by atoms with Gasteiger partial charge in [-0.3, -0.25) is 14.5 Å². The Morgan fingerprint density at radius 1 is 1.38 bits per heavy atom. The number of hydrogen-bond donors (Lipinski definition) is 1. The number of amides is 4. The van der Waals surface area contributed by atoms with Crippen LogP contribution in [0.2, 0.25) is 0 Å². The smallest absolute Gasteiger partial charge is 0.325 e. The standard InChI is InChI=1S/C14H17N3O3S/c1-14(10-5-4-8-21-10)12(19)17(13(20)15-14)9-11(18)16-6-2-3-7-16/h4-5,8H,2-3,6-7,9H2,1H3,(H,15,20)/t14-/m1/s1. The first-order chi connectivity index (χ1) is 10.0. The van der Waals surface area contributed by atoms with Gasteiger partial charge in [0.25, 0.3) is 5.91 Å². The molecule has 0 aliphatic carbocycles. The van der Waals surface area contributed by atoms with E-state index in [0.29, 0.717) is 13.1 Å². The van der Waals surface area contributed by atoms with Gasteiger partial charge in [0, 0.05) is 18.0 Å². The summed E-state index contributed by atoms with van der Waals surface area (Å²) >= 11 is 1.41. The van der Waals surface area contributed by atoms with E-state index in [1.165, 1.54) is 11.3 Å². The molecule has 1 atom stereocenters. The van der Waals surface area contributed by atoms with Gasteiger partial charge in [-0.2, -0.15) is 0 Å². The molecule has 0 unspecified atom stereocenters. The molecule has 0 saturated carbocycles. The second kappa shape index (κ2) is 5.14. The number of thiophene rings is 1. The fourth-order valence-corrected chi connectivity index (χ4v) is 3.61. The minimum absolute atomic E-state index is 0.161. The van der Waals surface area contributed by atoms with Crippen LogP contribution < -0.4 is 5.32 Å². The first-order valence-electron chi connectivity index (χ1n) is 6.98. The molecule has 3 heterocycles. The Balaban J connectivity index is 1.76. The summed E-state index contributed by atoms with van der Waals surface area (Å²) in [5, 5.41) is 4.56. The van der Waals surface area contributed by atoms with Crippen molar-refractivity contribution in [3.05, 3.63) is 22.4 Å². The van der Waals surface area contributed by atoms with Crippen LogP contribution >= 0.6 is 11.3 Å². The van der Waals surface area contributed by atoms with E-state index >= 15 is 0 Å². The van der Waals surface area contributed by atoms with Gasteiger partial charge in [0.05, 0.1) is 0 Å². The molecular formula is C14H17N3O3S. The summed E-state index contributed by atoms with van der Waals surface area (Å²) in [7, 11) is 0. The highest BCUT2D eigenvalue weighted by Gasteiger charge is 2.50. The van der Waals surface area contributed by atoms with Gasteiger partial charge in [0.15, 0.2) is 5.54 Å². The zero-order valence-electron chi connectivity index (χ0n) is 11.8. The molecule has 1 aromatic rings. The highest BCUT2D eigenvalue weighted by Crippen LogP contribution is 2.31. The van der Waals surface area contributed by atoms with E-state index in [-0.39, 0.29) is 18.4 Å². The first-order valence-corrected chi connectivity index (χ1v) is 7.86. The van der Waals surface area contributed by atoms with E-state index < -0.39 is 11.6 Å². The lowest BCUT2D eigenvalue weighted by Crippen LogP contribution is -2.43. The van der Waals surface area contributed by atoms with Crippen LogP contribution in [0.3, 0.4) is 0 Å². The van der Waals surface area contributed by atoms with Crippen molar-refractivity contribution in [3.63, 3.8) is 0 Å². The Morgan fingerprint density at radius 3 is 2.71 bits per heavy atom. The number of nitrogens with zero attached hydrogens (tertiary/aromatic N) is 2. The Morgan fingerprint density at radius 2 is 2.10 bits per heavy atom. The van der Waals surface area contributed by atoms with Crippen LogP contribution in [-0.4, -0.2) is 47.3 Å². The Bertz CT molecular complexity index is 580. The summed E-state index contributed by atoms with van der Waals surface area (Å²) in [6.07, 6.45) is 1.97. The van der Waals surface area contributed by atoms with Crippen LogP contribution in [0.15, 0.2) is 17.5 Å². The van der Waals surface area contributed by atoms with Crippen molar-refractivity contribution in [1.29, 1.82) is 0 Å². The van der Waals surface area contributed by atoms with Crippen LogP contribution in [0.1, 0.15) is 24.6 Å². The van der Waals surface area contributed by atoms with Gasteiger partial charge in [-0.15, -0.1) is 11.3 Å². The van der Waals surface area contributed by atoms with Crippen LogP contribution in [0.25, 0.3) is 0 Å². The summed E-state index contributed by atoms with van der Waals surface area (Å²) < 4.78 is 0. The molecule has 21 heavy (non-hydrogen) atoms. The molecule has 1 aromatic heterocycles. The fraction of sp³-hybridized carbons (Fsp3) is 0.500. The van der Waals surface area contributed by atoms with Crippen molar-refractivity contribution in [3.8, 4) is 0 Å². The number of carbonyl (C=O) groups is 3. The molecule has 0 aromatic carbocycles. The molecule has 7 heteroatoms. The maximum Gasteiger partial charge on any atom is 0.325 e. The maximum absolute atomic E-state index is 12.6. The van der Waals surface area contributed by atoms with Gasteiger partial charge in [0.2, 0.25) is 5.91 Å². The molecule has 1 N–H and O–H groups in total. The molecule has 3 rings (SSSR count). The Hall–Kier alpha value is -1.89. The molecule has 112 valence electrons. The van der Waals surface area contributed by atoms with Crippen molar-refractivity contribution in [2.24, 2.45) is 0 Å². The molecule has 2 aliphatic heterocycles. The van der Waals surface area contributed by atoms with E-state index in [9.17, 15) is 14.4 Å². The zero-order valence-corrected chi connectivity index (χ0v) is 12.6. The Kier molecular flexibility index (Phi) is 3.44. The minimum atomic E-state index is -1.06. The van der Waals surface area contributed by atoms with E-state index in [1.807, 2.05) is 17.5 Å². The lowest BCUT2D eigenvalue weighted by atomic mass is 10.0. The van der Waals surface area contributed by atoms with Crippen LogP contribution in [0.4, 0.5) is 4.79 Å². The summed E-state index contributed by atoms with van der Waals surface area (Å²) in [4.78, 5) is 40.3. The Labute approximate surface area is 126 Å². The lowest BCUT2D eigenvalue weighted by molar-refractivity contribution is -0.138. The third-order valence-electron chi connectivity index (χ3n) is 4.04. The summed E-state index contributed by atoms with van der Waals surface area (Å²) in [5.74, 6) is -0.520. The largest absolute Gasteiger partial charge is 0.341 e. The number of carbonyl (C=O) groups excluding carboxylic acids is 3. The second-order valence-electron chi connectivity index (χ2n) is 5.51. The normalized spacial score (nSPS) is 25.6. The van der Waals surface area contributed by atoms with Crippen molar-refractivity contribution in [2.75, 3.05) is 19.6 Å². The average Bonchev–Trinajstić information content (AvgIpc) is 3.17. The number of likely N-dealkylation sites (tertiary alicyclic amines) is 1. The fourth-order valence-electron chi connectivity index (χ4n) is 2.77. The van der Waals surface area contributed by atoms with Gasteiger partial charge in [-0.1, -0.05) is 6.07 Å². The summed E-state index contributed by atoms with van der Waals surface area (Å²) in [5.41, 5.74) is -1.06. The van der Waals surface area contributed by atoms with Crippen molar-refractivity contribution < 1.29 is 14.4 Å². The van der Waals surface area contributed by atoms with E-state index in [2.05, 4.69) is 5.32 Å². The van der Waals surface area contributed by atoms with Crippen LogP contribution in [-0.2, 0) is 15.1 Å². The molecule has 0 radical (unpaired) electrons. The summed E-state index contributed by atoms with van der Waals surface area (Å²) in [6.45, 7) is 2.93. The quantitative estimate of drug-likeness (QED) is 0.851. The summed E-state index contributed by atoms with van der Waals surface area (Å²) in [6, 6.07) is 3.15. The van der Waals surface area contributed by atoms with E-state index in [0.717, 1.165) is 22.6 Å². The number of nitrogens with one attached hydrogen (secondary N) is 1. The van der Waals surface area contributed by atoms with Gasteiger partial charge in [-0.05, 0) is 31.2 Å².